The van der Waals surface area contributed by atoms with Crippen LogP contribution in [0.5, 0.6) is 0 Å². The second-order valence-electron chi connectivity index (χ2n) is 8.25. The highest BCUT2D eigenvalue weighted by atomic mass is 19.4. The fraction of sp³-hybridized carbons (Fsp3) is 1.00. The van der Waals surface area contributed by atoms with E-state index in [9.17, 15) is 127 Å². The fourth-order valence-electron chi connectivity index (χ4n) is 2.48. The molecule has 0 aromatic carbocycles. The van der Waals surface area contributed by atoms with Crippen molar-refractivity contribution in [1.82, 2.24) is 0 Å². The highest BCUT2D eigenvalue weighted by Gasteiger charge is 3.00. The second kappa shape index (κ2) is 10.2. The van der Waals surface area contributed by atoms with Crippen molar-refractivity contribution in [2.24, 2.45) is 0 Å². The van der Waals surface area contributed by atoms with Crippen LogP contribution >= 0.6 is 0 Å². The van der Waals surface area contributed by atoms with Crippen molar-refractivity contribution < 1.29 is 132 Å². The lowest BCUT2D eigenvalue weighted by molar-refractivity contribution is -0.487. The predicted octanol–water partition coefficient (Wildman–Crippen LogP) is 8.80. The second-order valence-corrected chi connectivity index (χ2v) is 8.25. The number of hydrogen-bond acceptors (Lipinski definition) is 1. The Morgan fingerprint density at radius 1 is 0.222 bits per heavy atom. The van der Waals surface area contributed by atoms with Gasteiger partial charge in [0, 0.05) is 0 Å². The van der Waals surface area contributed by atoms with Crippen LogP contribution in [0.15, 0.2) is 0 Å². The monoisotopic (exact) mass is 750 g/mol. The first-order valence-electron chi connectivity index (χ1n) is 9.40. The highest BCUT2D eigenvalue weighted by Crippen LogP contribution is 2.68. The van der Waals surface area contributed by atoms with Gasteiger partial charge in [-0.05, 0) is 0 Å². The molecular weight excluding hydrogens is 747 g/mol. The quantitative estimate of drug-likeness (QED) is 0.187. The van der Waals surface area contributed by atoms with Crippen LogP contribution in [-0.4, -0.2) is 94.9 Å². The van der Waals surface area contributed by atoms with E-state index in [1.165, 1.54) is 0 Å². The van der Waals surface area contributed by atoms with Crippen molar-refractivity contribution in [3.8, 4) is 0 Å². The van der Waals surface area contributed by atoms with Crippen LogP contribution in [0, 0.1) is 0 Å². The molecule has 0 aromatic heterocycles. The summed E-state index contributed by atoms with van der Waals surface area (Å²) in [6.45, 7) is -3.85. The van der Waals surface area contributed by atoms with Gasteiger partial charge in [-0.15, -0.1) is 0 Å². The molecule has 0 saturated carbocycles. The van der Waals surface area contributed by atoms with E-state index in [-0.39, 0.29) is 0 Å². The van der Waals surface area contributed by atoms with Gasteiger partial charge in [0.05, 0.1) is 0 Å². The molecule has 1 N–H and O–H groups in total. The van der Waals surface area contributed by atoms with Gasteiger partial charge in [0.25, 0.3) is 0 Å². The molecular formula is C15H3F29O. The van der Waals surface area contributed by atoms with Crippen LogP contribution in [0.1, 0.15) is 0 Å². The third-order valence-corrected chi connectivity index (χ3v) is 5.35. The van der Waals surface area contributed by atoms with Gasteiger partial charge in [-0.3, -0.25) is 0 Å². The molecule has 0 amide bonds. The van der Waals surface area contributed by atoms with E-state index in [1.807, 2.05) is 0 Å². The zero-order valence-electron chi connectivity index (χ0n) is 19.1. The fourth-order valence-corrected chi connectivity index (χ4v) is 2.48. The summed E-state index contributed by atoms with van der Waals surface area (Å²) in [4.78, 5) is 0. The average Bonchev–Trinajstić information content (AvgIpc) is 2.81. The standard InChI is InChI=1S/C15H3F29O/c16-2(17,1-45)3(18,19)4(20,21)5(22,23)6(24,25)7(26,27)8(28,29)9(30,31)10(32,33)11(34,35)12(36,37)13(38,39)14(40,41)15(42,43)44/h45H,1H2. The smallest absolute Gasteiger partial charge is 0.390 e. The SMILES string of the molecule is OCC(F)(F)C(F)(F)C(F)(F)C(F)(F)C(F)(F)C(F)(F)C(F)(F)C(F)(F)C(F)(F)C(F)(F)C(F)(F)C(F)(F)C(F)(F)C(F)(F)F. The molecule has 0 radical (unpaired) electrons. The van der Waals surface area contributed by atoms with Crippen LogP contribution in [0.3, 0.4) is 0 Å². The summed E-state index contributed by atoms with van der Waals surface area (Å²) in [5.74, 6) is -121. The van der Waals surface area contributed by atoms with Crippen molar-refractivity contribution in [1.29, 1.82) is 0 Å². The van der Waals surface area contributed by atoms with Gasteiger partial charge >= 0.3 is 83.2 Å². The molecule has 0 bridgehead atoms. The van der Waals surface area contributed by atoms with E-state index in [0.717, 1.165) is 0 Å². The molecule has 0 aliphatic rings. The van der Waals surface area contributed by atoms with Gasteiger partial charge in [-0.25, -0.2) is 0 Å². The Balaban J connectivity index is 7.53. The normalized spacial score (nSPS) is 17.2. The number of hydrogen-bond donors (Lipinski definition) is 1. The molecule has 0 fully saturated rings. The minimum absolute atomic E-state index is 3.85. The molecule has 0 saturated heterocycles. The van der Waals surface area contributed by atoms with Crippen LogP contribution in [0.4, 0.5) is 127 Å². The topological polar surface area (TPSA) is 20.2 Å². The summed E-state index contributed by atoms with van der Waals surface area (Å²) in [5.41, 5.74) is 0. The van der Waals surface area contributed by atoms with E-state index in [4.69, 9.17) is 5.11 Å². The third-order valence-electron chi connectivity index (χ3n) is 5.35. The molecule has 30 heteroatoms. The summed E-state index contributed by atoms with van der Waals surface area (Å²) >= 11 is 0. The van der Waals surface area contributed by atoms with E-state index >= 15 is 0 Å². The number of halogens is 29. The summed E-state index contributed by atoms with van der Waals surface area (Å²) < 4.78 is 382. The summed E-state index contributed by atoms with van der Waals surface area (Å²) in [7, 11) is 0. The van der Waals surface area contributed by atoms with E-state index in [1.54, 1.807) is 0 Å². The molecule has 0 spiro atoms. The summed E-state index contributed by atoms with van der Waals surface area (Å²) in [6, 6.07) is 0. The Morgan fingerprint density at radius 3 is 0.489 bits per heavy atom. The van der Waals surface area contributed by atoms with Gasteiger partial charge in [0.2, 0.25) is 0 Å². The Labute approximate surface area is 223 Å². The van der Waals surface area contributed by atoms with Gasteiger partial charge in [0.1, 0.15) is 6.61 Å². The highest BCUT2D eigenvalue weighted by molar-refractivity contribution is 5.21. The van der Waals surface area contributed by atoms with Crippen LogP contribution in [0.25, 0.3) is 0 Å². The van der Waals surface area contributed by atoms with Crippen LogP contribution in [0.2, 0.25) is 0 Å². The van der Waals surface area contributed by atoms with Crippen molar-refractivity contribution in [3.05, 3.63) is 0 Å². The summed E-state index contributed by atoms with van der Waals surface area (Å²) in [6.07, 6.45) is -8.29. The van der Waals surface area contributed by atoms with E-state index in [0.29, 0.717) is 0 Å². The maximum absolute atomic E-state index is 13.6. The minimum atomic E-state index is -9.94. The lowest BCUT2D eigenvalue weighted by atomic mass is 9.83. The van der Waals surface area contributed by atoms with Crippen molar-refractivity contribution in [3.63, 3.8) is 0 Å². The molecule has 45 heavy (non-hydrogen) atoms. The van der Waals surface area contributed by atoms with Crippen molar-refractivity contribution in [2.75, 3.05) is 6.61 Å². The minimum Gasteiger partial charge on any atom is -0.390 e. The number of aliphatic hydroxyl groups excluding tert-OH is 1. The molecule has 0 rings (SSSR count). The molecule has 272 valence electrons. The lowest BCUT2D eigenvalue weighted by Crippen LogP contribution is -2.79. The Kier molecular flexibility index (Phi) is 9.74. The Hall–Kier alpha value is -2.07. The number of alkyl halides is 29. The van der Waals surface area contributed by atoms with Gasteiger partial charge in [0.15, 0.2) is 0 Å². The number of rotatable bonds is 13. The molecule has 0 aliphatic heterocycles. The Bertz CT molecular complexity index is 1080. The van der Waals surface area contributed by atoms with E-state index < -0.39 is 89.8 Å². The molecule has 1 nitrogen and oxygen atoms in total. The lowest BCUT2D eigenvalue weighted by Gasteiger charge is -2.46. The largest absolute Gasteiger partial charge is 0.460 e. The van der Waals surface area contributed by atoms with Gasteiger partial charge in [-0.1, -0.05) is 0 Å². The zero-order chi connectivity index (χ0) is 37.7. The first-order valence-corrected chi connectivity index (χ1v) is 9.40. The average molecular weight is 750 g/mol. The zero-order valence-corrected chi connectivity index (χ0v) is 19.1. The maximum atomic E-state index is 13.6. The molecule has 0 heterocycles. The van der Waals surface area contributed by atoms with Gasteiger partial charge in [-0.2, -0.15) is 127 Å². The number of aliphatic hydroxyl groups is 1. The van der Waals surface area contributed by atoms with Crippen LogP contribution < -0.4 is 0 Å². The van der Waals surface area contributed by atoms with Crippen molar-refractivity contribution in [2.45, 2.75) is 83.2 Å². The van der Waals surface area contributed by atoms with E-state index in [2.05, 4.69) is 0 Å². The Morgan fingerprint density at radius 2 is 0.356 bits per heavy atom. The van der Waals surface area contributed by atoms with Crippen LogP contribution in [-0.2, 0) is 0 Å². The first kappa shape index (κ1) is 42.9. The van der Waals surface area contributed by atoms with Crippen molar-refractivity contribution >= 4 is 0 Å². The molecule has 0 aliphatic carbocycles. The third kappa shape index (κ3) is 4.81. The maximum Gasteiger partial charge on any atom is 0.460 e. The summed E-state index contributed by atoms with van der Waals surface area (Å²) in [5, 5.41) is 7.80. The molecule has 0 atom stereocenters. The molecule has 0 unspecified atom stereocenters. The van der Waals surface area contributed by atoms with Gasteiger partial charge < -0.3 is 5.11 Å². The first-order chi connectivity index (χ1) is 18.8. The molecule has 0 aromatic rings. The predicted molar refractivity (Wildman–Crippen MR) is 77.5 cm³/mol.